The van der Waals surface area contributed by atoms with Gasteiger partial charge in [0.05, 0.1) is 4.90 Å². The van der Waals surface area contributed by atoms with Crippen molar-refractivity contribution in [3.63, 3.8) is 0 Å². The molecule has 0 spiro atoms. The lowest BCUT2D eigenvalue weighted by molar-refractivity contribution is 0.216. The highest BCUT2D eigenvalue weighted by Crippen LogP contribution is 2.22. The van der Waals surface area contributed by atoms with Crippen molar-refractivity contribution < 1.29 is 13.2 Å². The molecule has 0 atom stereocenters. The second-order valence-corrected chi connectivity index (χ2v) is 7.19. The van der Waals surface area contributed by atoms with E-state index in [1.54, 1.807) is 46.1 Å². The van der Waals surface area contributed by atoms with Gasteiger partial charge in [0.2, 0.25) is 0 Å². The van der Waals surface area contributed by atoms with Gasteiger partial charge in [-0.25, -0.2) is 17.5 Å². The van der Waals surface area contributed by atoms with Crippen molar-refractivity contribution >= 4 is 22.0 Å². The van der Waals surface area contributed by atoms with Gasteiger partial charge in [-0.3, -0.25) is 0 Å². The molecule has 1 aromatic carbocycles. The van der Waals surface area contributed by atoms with Crippen molar-refractivity contribution in [2.75, 3.05) is 18.4 Å². The molecule has 0 aliphatic rings. The van der Waals surface area contributed by atoms with Crippen LogP contribution in [0.5, 0.6) is 0 Å². The normalized spacial score (nSPS) is 11.5. The lowest BCUT2D eigenvalue weighted by Crippen LogP contribution is -2.38. The van der Waals surface area contributed by atoms with Crippen LogP contribution in [0.2, 0.25) is 0 Å². The Labute approximate surface area is 135 Å². The third-order valence-corrected chi connectivity index (χ3v) is 5.00. The monoisotopic (exact) mass is 337 g/mol. The van der Waals surface area contributed by atoms with Crippen molar-refractivity contribution in [3.8, 4) is 0 Å². The van der Waals surface area contributed by atoms with Gasteiger partial charge in [-0.05, 0) is 26.0 Å². The Morgan fingerprint density at radius 3 is 2.30 bits per heavy atom. The Morgan fingerprint density at radius 2 is 1.78 bits per heavy atom. The predicted octanol–water partition coefficient (Wildman–Crippen LogP) is 1.41. The lowest BCUT2D eigenvalue weighted by Gasteiger charge is -2.24. The number of carbonyl (C=O) groups excluding carboxylic acids is 1. The molecule has 1 aromatic heterocycles. The molecule has 0 radical (unpaired) electrons. The van der Waals surface area contributed by atoms with E-state index in [0.29, 0.717) is 0 Å². The van der Waals surface area contributed by atoms with Crippen LogP contribution in [0.25, 0.3) is 0 Å². The van der Waals surface area contributed by atoms with E-state index in [2.05, 4.69) is 10.1 Å². The summed E-state index contributed by atoms with van der Waals surface area (Å²) < 4.78 is 27.8. The van der Waals surface area contributed by atoms with Crippen molar-refractivity contribution in [3.05, 3.63) is 36.7 Å². The molecule has 9 heteroatoms. The zero-order valence-corrected chi connectivity index (χ0v) is 14.2. The molecule has 0 fully saturated rings. The van der Waals surface area contributed by atoms with Crippen LogP contribution in [0.15, 0.2) is 41.6 Å². The van der Waals surface area contributed by atoms with Crippen LogP contribution in [-0.4, -0.2) is 54.3 Å². The maximum absolute atomic E-state index is 12.8. The van der Waals surface area contributed by atoms with Gasteiger partial charge in [-0.2, -0.15) is 9.67 Å². The summed E-state index contributed by atoms with van der Waals surface area (Å²) in [5.74, 6) is -0.0425. The number of hydrogen-bond donors (Lipinski definition) is 0. The Morgan fingerprint density at radius 1 is 1.17 bits per heavy atom. The van der Waals surface area contributed by atoms with E-state index >= 15 is 0 Å². The first-order valence-electron chi connectivity index (χ1n) is 6.98. The number of sulfonamides is 1. The molecule has 0 aliphatic heterocycles. The fraction of sp³-hybridized carbons (Fsp3) is 0.357. The highest BCUT2D eigenvalue weighted by molar-refractivity contribution is 7.92. The van der Waals surface area contributed by atoms with Gasteiger partial charge in [0.25, 0.3) is 16.0 Å². The molecule has 23 heavy (non-hydrogen) atoms. The van der Waals surface area contributed by atoms with Gasteiger partial charge in [0, 0.05) is 20.1 Å². The van der Waals surface area contributed by atoms with Gasteiger partial charge in [-0.1, -0.05) is 18.2 Å². The number of anilines is 1. The summed E-state index contributed by atoms with van der Waals surface area (Å²) in [6, 6.07) is 7.22. The third-order valence-electron chi connectivity index (χ3n) is 3.02. The number of rotatable bonds is 4. The Balaban J connectivity index is 2.46. The number of benzene rings is 1. The molecule has 0 N–H and O–H groups in total. The predicted molar refractivity (Wildman–Crippen MR) is 85.7 cm³/mol. The maximum atomic E-state index is 12.8. The van der Waals surface area contributed by atoms with Gasteiger partial charge in [-0.15, -0.1) is 5.10 Å². The SMILES string of the molecule is CC(C)N(c1ncn(C(=O)N(C)C)n1)S(=O)(=O)c1ccccc1. The Kier molecular flexibility index (Phi) is 4.69. The first-order chi connectivity index (χ1) is 10.7. The summed E-state index contributed by atoms with van der Waals surface area (Å²) in [5, 5.41) is 4.01. The molecule has 8 nitrogen and oxygen atoms in total. The Hall–Kier alpha value is -2.42. The molecular weight excluding hydrogens is 318 g/mol. The van der Waals surface area contributed by atoms with Crippen molar-refractivity contribution in [1.29, 1.82) is 0 Å². The highest BCUT2D eigenvalue weighted by Gasteiger charge is 2.30. The van der Waals surface area contributed by atoms with Crippen LogP contribution in [0, 0.1) is 0 Å². The average molecular weight is 337 g/mol. The standard InChI is InChI=1S/C14H19N5O3S/c1-11(2)19(23(21,22)12-8-6-5-7-9-12)13-15-10-18(16-13)14(20)17(3)4/h5-11H,1-4H3. The van der Waals surface area contributed by atoms with Crippen LogP contribution in [0.1, 0.15) is 13.8 Å². The molecule has 124 valence electrons. The first-order valence-corrected chi connectivity index (χ1v) is 8.42. The van der Waals surface area contributed by atoms with E-state index in [1.807, 2.05) is 0 Å². The quantitative estimate of drug-likeness (QED) is 0.842. The van der Waals surface area contributed by atoms with E-state index < -0.39 is 22.1 Å². The Bertz CT molecular complexity index is 784. The van der Waals surface area contributed by atoms with Crippen molar-refractivity contribution in [2.45, 2.75) is 24.8 Å². The maximum Gasteiger partial charge on any atom is 0.345 e. The van der Waals surface area contributed by atoms with Crippen LogP contribution in [0.3, 0.4) is 0 Å². The van der Waals surface area contributed by atoms with Gasteiger partial charge in [0.15, 0.2) is 0 Å². The molecular formula is C14H19N5O3S. The number of amides is 1. The first kappa shape index (κ1) is 16.9. The zero-order valence-electron chi connectivity index (χ0n) is 13.4. The van der Waals surface area contributed by atoms with E-state index in [-0.39, 0.29) is 10.8 Å². The minimum atomic E-state index is -3.82. The fourth-order valence-electron chi connectivity index (χ4n) is 1.97. The van der Waals surface area contributed by atoms with Gasteiger partial charge >= 0.3 is 6.03 Å². The molecule has 0 bridgehead atoms. The van der Waals surface area contributed by atoms with Crippen molar-refractivity contribution in [1.82, 2.24) is 19.7 Å². The molecule has 2 rings (SSSR count). The summed E-state index contributed by atoms with van der Waals surface area (Å²) >= 11 is 0. The van der Waals surface area contributed by atoms with E-state index in [0.717, 1.165) is 8.99 Å². The molecule has 2 aromatic rings. The van der Waals surface area contributed by atoms with Crippen LogP contribution >= 0.6 is 0 Å². The molecule has 0 saturated heterocycles. The van der Waals surface area contributed by atoms with Crippen LogP contribution in [0.4, 0.5) is 10.7 Å². The smallest absolute Gasteiger partial charge is 0.329 e. The summed E-state index contributed by atoms with van der Waals surface area (Å²) in [7, 11) is -0.668. The lowest BCUT2D eigenvalue weighted by atomic mass is 10.4. The van der Waals surface area contributed by atoms with Crippen LogP contribution < -0.4 is 4.31 Å². The summed E-state index contributed by atoms with van der Waals surface area (Å²) in [4.78, 5) is 17.3. The third kappa shape index (κ3) is 3.34. The summed E-state index contributed by atoms with van der Waals surface area (Å²) in [5.41, 5.74) is 0. The van der Waals surface area contributed by atoms with E-state index in [1.165, 1.54) is 23.4 Å². The summed E-state index contributed by atoms with van der Waals surface area (Å²) in [6.07, 6.45) is 1.20. The number of aromatic nitrogens is 3. The molecule has 1 heterocycles. The molecule has 1 amide bonds. The number of nitrogens with zero attached hydrogens (tertiary/aromatic N) is 5. The topological polar surface area (TPSA) is 88.4 Å². The van der Waals surface area contributed by atoms with Gasteiger partial charge in [0.1, 0.15) is 6.33 Å². The minimum Gasteiger partial charge on any atom is -0.329 e. The fourth-order valence-corrected chi connectivity index (χ4v) is 3.56. The number of hydrogen-bond acceptors (Lipinski definition) is 5. The zero-order chi connectivity index (χ0) is 17.2. The highest BCUT2D eigenvalue weighted by atomic mass is 32.2. The van der Waals surface area contributed by atoms with Crippen LogP contribution in [-0.2, 0) is 10.0 Å². The van der Waals surface area contributed by atoms with E-state index in [4.69, 9.17) is 0 Å². The van der Waals surface area contributed by atoms with Crippen molar-refractivity contribution in [2.24, 2.45) is 0 Å². The number of carbonyl (C=O) groups is 1. The molecule has 0 saturated carbocycles. The summed E-state index contributed by atoms with van der Waals surface area (Å²) in [6.45, 7) is 3.43. The minimum absolute atomic E-state index is 0.0425. The largest absolute Gasteiger partial charge is 0.345 e. The van der Waals surface area contributed by atoms with E-state index in [9.17, 15) is 13.2 Å². The molecule has 0 unspecified atom stereocenters. The molecule has 0 aliphatic carbocycles. The average Bonchev–Trinajstić information content (AvgIpc) is 2.95. The second kappa shape index (κ2) is 6.37. The van der Waals surface area contributed by atoms with Gasteiger partial charge < -0.3 is 4.90 Å². The second-order valence-electron chi connectivity index (χ2n) is 5.37.